The van der Waals surface area contributed by atoms with Crippen molar-refractivity contribution in [1.82, 2.24) is 4.90 Å². The first-order valence-electron chi connectivity index (χ1n) is 13.0. The molecular formula is C30H38FNO4. The number of ether oxygens (including phenoxy) is 1. The van der Waals surface area contributed by atoms with Gasteiger partial charge in [-0.05, 0) is 102 Å². The molecule has 2 aliphatic heterocycles. The van der Waals surface area contributed by atoms with Gasteiger partial charge in [-0.2, -0.15) is 0 Å². The Bertz CT molecular complexity index is 1230. The lowest BCUT2D eigenvalue weighted by Crippen LogP contribution is -2.35. The minimum Gasteiger partial charge on any atom is -0.490 e. The monoisotopic (exact) mass is 495 g/mol. The van der Waals surface area contributed by atoms with Crippen LogP contribution in [0.1, 0.15) is 72.6 Å². The van der Waals surface area contributed by atoms with Gasteiger partial charge in [-0.3, -0.25) is 9.59 Å². The first-order chi connectivity index (χ1) is 16.9. The minimum atomic E-state index is -0.909. The zero-order valence-electron chi connectivity index (χ0n) is 22.4. The van der Waals surface area contributed by atoms with Gasteiger partial charge >= 0.3 is 5.97 Å². The van der Waals surface area contributed by atoms with Crippen LogP contribution in [0.15, 0.2) is 6.07 Å². The Morgan fingerprint density at radius 2 is 1.64 bits per heavy atom. The van der Waals surface area contributed by atoms with Crippen molar-refractivity contribution in [1.29, 1.82) is 0 Å². The van der Waals surface area contributed by atoms with Crippen LogP contribution < -0.4 is 4.74 Å². The van der Waals surface area contributed by atoms with Crippen molar-refractivity contribution in [2.75, 3.05) is 19.7 Å². The average molecular weight is 496 g/mol. The summed E-state index contributed by atoms with van der Waals surface area (Å²) in [5.41, 5.74) is 8.32. The van der Waals surface area contributed by atoms with Crippen LogP contribution in [0.3, 0.4) is 0 Å². The fraction of sp³-hybridized carbons (Fsp3) is 0.533. The largest absolute Gasteiger partial charge is 0.490 e. The summed E-state index contributed by atoms with van der Waals surface area (Å²) >= 11 is 0. The molecule has 0 atom stereocenters. The Hall–Kier alpha value is -2.89. The number of hydrogen-bond donors (Lipinski definition) is 1. The Labute approximate surface area is 213 Å². The number of hydrogen-bond acceptors (Lipinski definition) is 3. The molecule has 0 unspecified atom stereocenters. The topological polar surface area (TPSA) is 66.8 Å². The van der Waals surface area contributed by atoms with Crippen molar-refractivity contribution in [3.63, 3.8) is 0 Å². The molecule has 194 valence electrons. The number of benzene rings is 2. The number of halogens is 1. The Balaban J connectivity index is 1.85. The van der Waals surface area contributed by atoms with Gasteiger partial charge in [-0.25, -0.2) is 4.39 Å². The second-order valence-corrected chi connectivity index (χ2v) is 11.5. The molecule has 0 fully saturated rings. The highest BCUT2D eigenvalue weighted by Gasteiger charge is 2.29. The summed E-state index contributed by atoms with van der Waals surface area (Å²) in [6, 6.07) is 1.52. The van der Waals surface area contributed by atoms with E-state index in [2.05, 4.69) is 20.8 Å². The lowest BCUT2D eigenvalue weighted by atomic mass is 9.80. The van der Waals surface area contributed by atoms with Crippen LogP contribution in [0, 0.1) is 32.0 Å². The molecule has 36 heavy (non-hydrogen) atoms. The van der Waals surface area contributed by atoms with Crippen LogP contribution >= 0.6 is 0 Å². The van der Waals surface area contributed by atoms with Crippen molar-refractivity contribution in [3.05, 3.63) is 50.8 Å². The molecule has 1 N–H and O–H groups in total. The van der Waals surface area contributed by atoms with E-state index in [1.807, 2.05) is 25.7 Å². The molecule has 0 saturated heterocycles. The van der Waals surface area contributed by atoms with E-state index < -0.39 is 11.8 Å². The van der Waals surface area contributed by atoms with Gasteiger partial charge in [0.05, 0.1) is 13.0 Å². The predicted octanol–water partition coefficient (Wildman–Crippen LogP) is 5.73. The van der Waals surface area contributed by atoms with E-state index in [-0.39, 0.29) is 17.7 Å². The summed E-state index contributed by atoms with van der Waals surface area (Å²) in [7, 11) is 0. The average Bonchev–Trinajstić information content (AvgIpc) is 3.03. The summed E-state index contributed by atoms with van der Waals surface area (Å²) < 4.78 is 20.9. The lowest BCUT2D eigenvalue weighted by molar-refractivity contribution is -0.136. The molecule has 2 heterocycles. The molecule has 1 amide bonds. The Morgan fingerprint density at radius 3 is 2.25 bits per heavy atom. The maximum absolute atomic E-state index is 15.2. The fourth-order valence-corrected chi connectivity index (χ4v) is 5.95. The van der Waals surface area contributed by atoms with Crippen molar-refractivity contribution >= 4 is 11.9 Å². The van der Waals surface area contributed by atoms with Crippen LogP contribution in [-0.4, -0.2) is 41.6 Å². The number of amides is 1. The van der Waals surface area contributed by atoms with E-state index in [1.54, 1.807) is 0 Å². The summed E-state index contributed by atoms with van der Waals surface area (Å²) in [4.78, 5) is 26.9. The molecule has 4 rings (SSSR count). The molecule has 2 aliphatic rings. The third-order valence-electron chi connectivity index (χ3n) is 7.73. The number of carbonyl (C=O) groups is 2. The Kier molecular flexibility index (Phi) is 7.18. The molecule has 0 saturated carbocycles. The van der Waals surface area contributed by atoms with Crippen molar-refractivity contribution < 1.29 is 23.8 Å². The van der Waals surface area contributed by atoms with E-state index >= 15 is 4.39 Å². The van der Waals surface area contributed by atoms with Gasteiger partial charge in [0.2, 0.25) is 5.91 Å². The second kappa shape index (κ2) is 9.87. The van der Waals surface area contributed by atoms with E-state index in [9.17, 15) is 14.7 Å². The quantitative estimate of drug-likeness (QED) is 0.588. The van der Waals surface area contributed by atoms with Crippen molar-refractivity contribution in [2.45, 2.75) is 80.1 Å². The number of rotatable bonds is 4. The summed E-state index contributed by atoms with van der Waals surface area (Å²) in [5.74, 6) is -0.810. The van der Waals surface area contributed by atoms with Crippen LogP contribution in [0.4, 0.5) is 4.39 Å². The number of nitrogens with zero attached hydrogens (tertiary/aromatic N) is 1. The summed E-state index contributed by atoms with van der Waals surface area (Å²) in [5, 5.41) is 9.81. The first kappa shape index (κ1) is 26.2. The zero-order chi connectivity index (χ0) is 26.4. The summed E-state index contributed by atoms with van der Waals surface area (Å²) in [6.07, 6.45) is 3.33. The third-order valence-corrected chi connectivity index (χ3v) is 7.73. The molecule has 0 aliphatic carbocycles. The maximum atomic E-state index is 15.2. The molecule has 0 spiro atoms. The van der Waals surface area contributed by atoms with Crippen LogP contribution in [0.5, 0.6) is 5.75 Å². The fourth-order valence-electron chi connectivity index (χ4n) is 5.95. The highest BCUT2D eigenvalue weighted by molar-refractivity contribution is 5.84. The van der Waals surface area contributed by atoms with Gasteiger partial charge in [0, 0.05) is 25.1 Å². The first-order valence-corrected chi connectivity index (χ1v) is 13.0. The van der Waals surface area contributed by atoms with E-state index in [4.69, 9.17) is 4.74 Å². The van der Waals surface area contributed by atoms with E-state index in [0.29, 0.717) is 44.7 Å². The van der Waals surface area contributed by atoms with E-state index in [1.165, 1.54) is 6.07 Å². The smallest absolute Gasteiger partial charge is 0.307 e. The number of carboxylic acid groups (broad SMARTS) is 1. The van der Waals surface area contributed by atoms with E-state index in [0.717, 1.165) is 62.9 Å². The predicted molar refractivity (Wildman–Crippen MR) is 139 cm³/mol. The molecule has 5 nitrogen and oxygen atoms in total. The highest BCUT2D eigenvalue weighted by atomic mass is 19.1. The maximum Gasteiger partial charge on any atom is 0.307 e. The number of carbonyl (C=O) groups excluding carboxylic acids is 1. The number of carboxylic acids is 1. The third kappa shape index (κ3) is 5.00. The number of fused-ring (bicyclic) bond motifs is 2. The minimum absolute atomic E-state index is 0.0817. The Morgan fingerprint density at radius 1 is 1.00 bits per heavy atom. The highest BCUT2D eigenvalue weighted by Crippen LogP contribution is 2.43. The SMILES string of the molecule is Cc1c(-c2c(C)c3c(c(C)c2CC(=O)O)CCN(C(=O)CC(C)(C)C)CC3)cc(F)c2c1CCCO2. The van der Waals surface area contributed by atoms with Gasteiger partial charge < -0.3 is 14.7 Å². The van der Waals surface area contributed by atoms with Gasteiger partial charge in [0.25, 0.3) is 0 Å². The zero-order valence-corrected chi connectivity index (χ0v) is 22.4. The van der Waals surface area contributed by atoms with Crippen molar-refractivity contribution in [2.24, 2.45) is 5.41 Å². The van der Waals surface area contributed by atoms with Crippen LogP contribution in [0.25, 0.3) is 11.1 Å². The molecule has 0 aromatic heterocycles. The molecule has 2 aromatic rings. The molecule has 0 bridgehead atoms. The van der Waals surface area contributed by atoms with Crippen LogP contribution in [0.2, 0.25) is 0 Å². The molecule has 6 heteroatoms. The summed E-state index contributed by atoms with van der Waals surface area (Å²) in [6.45, 7) is 14.0. The number of aliphatic carboxylic acids is 1. The molecule has 2 aromatic carbocycles. The van der Waals surface area contributed by atoms with Gasteiger partial charge in [0.15, 0.2) is 11.6 Å². The standard InChI is InChI=1S/C30H38FNO4/c1-17-20-9-11-32(26(33)16-30(4,5)6)12-10-21(20)19(3)28(24(17)15-27(34)35)23-14-25(31)29-22(18(23)2)8-7-13-36-29/h14H,7-13,15-16H2,1-6H3,(H,34,35). The van der Waals surface area contributed by atoms with Gasteiger partial charge in [0.1, 0.15) is 0 Å². The second-order valence-electron chi connectivity index (χ2n) is 11.5. The molecule has 0 radical (unpaired) electrons. The molecular weight excluding hydrogens is 457 g/mol. The van der Waals surface area contributed by atoms with Gasteiger partial charge in [-0.15, -0.1) is 0 Å². The van der Waals surface area contributed by atoms with Crippen molar-refractivity contribution in [3.8, 4) is 16.9 Å². The van der Waals surface area contributed by atoms with Crippen LogP contribution in [-0.2, 0) is 35.3 Å². The van der Waals surface area contributed by atoms with Gasteiger partial charge in [-0.1, -0.05) is 20.8 Å². The lowest BCUT2D eigenvalue weighted by Gasteiger charge is -2.26. The normalized spacial score (nSPS) is 15.6.